The third-order valence-electron chi connectivity index (χ3n) is 5.37. The molecule has 1 fully saturated rings. The molecule has 1 atom stereocenters. The summed E-state index contributed by atoms with van der Waals surface area (Å²) in [6, 6.07) is 12.4. The number of alkyl halides is 3. The van der Waals surface area contributed by atoms with Crippen molar-refractivity contribution in [2.75, 3.05) is 6.61 Å². The normalized spacial score (nSPS) is 14.8. The monoisotopic (exact) mass is 465 g/mol. The first-order valence-corrected chi connectivity index (χ1v) is 10.2. The van der Waals surface area contributed by atoms with Crippen LogP contribution in [0.4, 0.5) is 13.2 Å². The molecule has 1 saturated heterocycles. The number of ketones is 1. The summed E-state index contributed by atoms with van der Waals surface area (Å²) in [6.45, 7) is 2.04. The first kappa shape index (κ1) is 23.1. The number of Topliss-reactive ketones (excluding diaryl/α,β-unsaturated/α-hetero) is 1. The maximum Gasteiger partial charge on any atom is 0.417 e. The van der Waals surface area contributed by atoms with Gasteiger partial charge in [0.15, 0.2) is 5.78 Å². The molecule has 3 aromatic rings. The summed E-state index contributed by atoms with van der Waals surface area (Å²) in [4.78, 5) is 24.1. The Bertz CT molecular complexity index is 1380. The van der Waals surface area contributed by atoms with Crippen molar-refractivity contribution in [3.05, 3.63) is 88.0 Å². The molecule has 0 aliphatic carbocycles. The van der Waals surface area contributed by atoms with Crippen molar-refractivity contribution >= 4 is 11.7 Å². The summed E-state index contributed by atoms with van der Waals surface area (Å²) in [5.41, 5.74) is 6.82. The Morgan fingerprint density at radius 1 is 1.03 bits per heavy atom. The zero-order valence-electron chi connectivity index (χ0n) is 17.9. The number of benzene rings is 3. The summed E-state index contributed by atoms with van der Waals surface area (Å²) < 4.78 is 45.3. The van der Waals surface area contributed by atoms with E-state index in [9.17, 15) is 27.9 Å². The van der Waals surface area contributed by atoms with Gasteiger partial charge in [0.1, 0.15) is 11.9 Å². The molecule has 0 saturated carbocycles. The predicted octanol–water partition coefficient (Wildman–Crippen LogP) is 4.47. The third-order valence-corrected chi connectivity index (χ3v) is 5.37. The number of ether oxygens (including phenoxy) is 1. The second-order valence-corrected chi connectivity index (χ2v) is 7.82. The Morgan fingerprint density at radius 2 is 1.71 bits per heavy atom. The molecule has 0 radical (unpaired) electrons. The fourth-order valence-corrected chi connectivity index (χ4v) is 3.55. The van der Waals surface area contributed by atoms with Crippen molar-refractivity contribution in [3.8, 4) is 28.7 Å². The second kappa shape index (κ2) is 8.69. The number of carbonyl (C=O) groups excluding carboxylic acids is 2. The van der Waals surface area contributed by atoms with Crippen LogP contribution in [0.1, 0.15) is 43.0 Å². The number of primary amides is 1. The van der Waals surface area contributed by atoms with Gasteiger partial charge in [-0.05, 0) is 60.0 Å². The van der Waals surface area contributed by atoms with Gasteiger partial charge >= 0.3 is 6.18 Å². The molecule has 0 spiro atoms. The number of carbonyl (C=O) groups is 2. The quantitative estimate of drug-likeness (QED) is 0.338. The molecule has 1 unspecified atom stereocenters. The van der Waals surface area contributed by atoms with Crippen molar-refractivity contribution in [2.24, 2.45) is 5.73 Å². The zero-order chi connectivity index (χ0) is 24.6. The number of halogens is 3. The molecule has 1 aliphatic rings. The minimum Gasteiger partial charge on any atom is -0.508 e. The van der Waals surface area contributed by atoms with E-state index in [0.29, 0.717) is 46.1 Å². The topological polar surface area (TPSA) is 92.9 Å². The molecule has 1 amide bonds. The van der Waals surface area contributed by atoms with E-state index in [1.165, 1.54) is 0 Å². The minimum atomic E-state index is -4.70. The van der Waals surface area contributed by atoms with Gasteiger partial charge in [0.2, 0.25) is 5.91 Å². The predicted molar refractivity (Wildman–Crippen MR) is 118 cm³/mol. The van der Waals surface area contributed by atoms with E-state index >= 15 is 0 Å². The Labute approximate surface area is 193 Å². The maximum absolute atomic E-state index is 13.4. The van der Waals surface area contributed by atoms with Crippen LogP contribution in [0.2, 0.25) is 0 Å². The lowest BCUT2D eigenvalue weighted by molar-refractivity contribution is -0.137. The molecule has 3 N–H and O–H groups in total. The summed E-state index contributed by atoms with van der Waals surface area (Å²) in [6.07, 6.45) is -5.21. The summed E-state index contributed by atoms with van der Waals surface area (Å²) in [5.74, 6) is 3.98. The third kappa shape index (κ3) is 4.80. The summed E-state index contributed by atoms with van der Waals surface area (Å²) in [7, 11) is 0. The molecular weight excluding hydrogens is 447 g/mol. The highest BCUT2D eigenvalue weighted by molar-refractivity contribution is 6.02. The van der Waals surface area contributed by atoms with Gasteiger partial charge in [-0.15, -0.1) is 0 Å². The Balaban J connectivity index is 1.84. The standard InChI is InChI=1S/C26H18F3NO4/c1-14-10-17(7-9-20(14)25(30)33)21-11-18(24(32)23-13-34-23)5-3-15(21)2-4-16-6-8-19(31)12-22(16)26(27,28)29/h3,5-12,23,31H,13H2,1H3,(H2,30,33). The summed E-state index contributed by atoms with van der Waals surface area (Å²) in [5, 5.41) is 9.48. The average Bonchev–Trinajstić information content (AvgIpc) is 3.62. The highest BCUT2D eigenvalue weighted by Gasteiger charge is 2.34. The van der Waals surface area contributed by atoms with E-state index < -0.39 is 29.5 Å². The van der Waals surface area contributed by atoms with Crippen molar-refractivity contribution in [1.29, 1.82) is 0 Å². The molecule has 0 bridgehead atoms. The second-order valence-electron chi connectivity index (χ2n) is 7.82. The Morgan fingerprint density at radius 3 is 2.32 bits per heavy atom. The lowest BCUT2D eigenvalue weighted by Crippen LogP contribution is -2.12. The lowest BCUT2D eigenvalue weighted by Gasteiger charge is -2.11. The molecule has 4 rings (SSSR count). The number of epoxide rings is 1. The molecule has 34 heavy (non-hydrogen) atoms. The van der Waals surface area contributed by atoms with Crippen LogP contribution in [0.15, 0.2) is 54.6 Å². The van der Waals surface area contributed by atoms with Gasteiger partial charge in [-0.2, -0.15) is 13.2 Å². The van der Waals surface area contributed by atoms with Crippen LogP contribution < -0.4 is 5.73 Å². The van der Waals surface area contributed by atoms with Gasteiger partial charge in [-0.1, -0.05) is 30.0 Å². The van der Waals surface area contributed by atoms with Gasteiger partial charge in [-0.25, -0.2) is 0 Å². The number of amides is 1. The molecule has 1 heterocycles. The number of phenolic OH excluding ortho intramolecular Hbond substituents is 1. The van der Waals surface area contributed by atoms with Gasteiger partial charge < -0.3 is 15.6 Å². The van der Waals surface area contributed by atoms with Gasteiger partial charge in [0.25, 0.3) is 0 Å². The van der Waals surface area contributed by atoms with Gasteiger partial charge in [-0.3, -0.25) is 9.59 Å². The first-order valence-electron chi connectivity index (χ1n) is 10.2. The van der Waals surface area contributed by atoms with Crippen molar-refractivity contribution in [2.45, 2.75) is 19.2 Å². The smallest absolute Gasteiger partial charge is 0.417 e. The van der Waals surface area contributed by atoms with Crippen molar-refractivity contribution < 1.29 is 32.6 Å². The van der Waals surface area contributed by atoms with Crippen LogP contribution >= 0.6 is 0 Å². The number of aryl methyl sites for hydroxylation is 1. The number of hydrogen-bond acceptors (Lipinski definition) is 4. The number of hydrogen-bond donors (Lipinski definition) is 2. The van der Waals surface area contributed by atoms with Crippen LogP contribution in [0.3, 0.4) is 0 Å². The van der Waals surface area contributed by atoms with Crippen LogP contribution in [-0.2, 0) is 10.9 Å². The summed E-state index contributed by atoms with van der Waals surface area (Å²) >= 11 is 0. The van der Waals surface area contributed by atoms with Crippen LogP contribution in [0.5, 0.6) is 5.75 Å². The maximum atomic E-state index is 13.4. The molecule has 8 heteroatoms. The van der Waals surface area contributed by atoms with E-state index in [2.05, 4.69) is 11.8 Å². The molecule has 1 aliphatic heterocycles. The van der Waals surface area contributed by atoms with Crippen molar-refractivity contribution in [1.82, 2.24) is 0 Å². The van der Waals surface area contributed by atoms with Gasteiger partial charge in [0.05, 0.1) is 12.2 Å². The minimum absolute atomic E-state index is 0.205. The van der Waals surface area contributed by atoms with E-state index in [0.717, 1.165) is 12.1 Å². The molecule has 0 aromatic heterocycles. The average molecular weight is 465 g/mol. The highest BCUT2D eigenvalue weighted by atomic mass is 19.4. The first-order chi connectivity index (χ1) is 16.0. The van der Waals surface area contributed by atoms with Crippen molar-refractivity contribution in [3.63, 3.8) is 0 Å². The van der Waals surface area contributed by atoms with Crippen LogP contribution in [-0.4, -0.2) is 29.5 Å². The molecule has 5 nitrogen and oxygen atoms in total. The largest absolute Gasteiger partial charge is 0.508 e. The number of aromatic hydroxyl groups is 1. The van der Waals surface area contributed by atoms with E-state index in [-0.39, 0.29) is 11.3 Å². The highest BCUT2D eigenvalue weighted by Crippen LogP contribution is 2.34. The van der Waals surface area contributed by atoms with E-state index in [4.69, 9.17) is 10.5 Å². The number of phenols is 1. The molecular formula is C26H18F3NO4. The fourth-order valence-electron chi connectivity index (χ4n) is 3.55. The number of nitrogens with two attached hydrogens (primary N) is 1. The Hall–Kier alpha value is -4.09. The van der Waals surface area contributed by atoms with E-state index in [1.807, 2.05) is 0 Å². The number of rotatable bonds is 4. The van der Waals surface area contributed by atoms with Crippen LogP contribution in [0, 0.1) is 18.8 Å². The molecule has 3 aromatic carbocycles. The van der Waals surface area contributed by atoms with Gasteiger partial charge in [0, 0.05) is 22.3 Å². The lowest BCUT2D eigenvalue weighted by atomic mass is 9.93. The van der Waals surface area contributed by atoms with E-state index in [1.54, 1.807) is 43.3 Å². The zero-order valence-corrected chi connectivity index (χ0v) is 17.9. The molecule has 172 valence electrons. The fraction of sp³-hybridized carbons (Fsp3) is 0.154. The SMILES string of the molecule is Cc1cc(-c2cc(C(=O)C3CO3)ccc2C#Cc2ccc(O)cc2C(F)(F)F)ccc1C(N)=O. The van der Waals surface area contributed by atoms with Crippen LogP contribution in [0.25, 0.3) is 11.1 Å². The Kier molecular flexibility index (Phi) is 5.90.